The van der Waals surface area contributed by atoms with Crippen LogP contribution in [0.5, 0.6) is 0 Å². The lowest BCUT2D eigenvalue weighted by Gasteiger charge is -2.16. The van der Waals surface area contributed by atoms with Gasteiger partial charge in [0.2, 0.25) is 0 Å². The fourth-order valence-corrected chi connectivity index (χ4v) is 3.18. The quantitative estimate of drug-likeness (QED) is 0.776. The van der Waals surface area contributed by atoms with Gasteiger partial charge in [0.05, 0.1) is 6.54 Å². The number of rotatable bonds is 4. The van der Waals surface area contributed by atoms with Crippen LogP contribution in [-0.4, -0.2) is 53.8 Å². The molecule has 1 saturated heterocycles. The van der Waals surface area contributed by atoms with Gasteiger partial charge in [0.25, 0.3) is 5.91 Å². The van der Waals surface area contributed by atoms with Crippen LogP contribution in [0, 0.1) is 6.92 Å². The summed E-state index contributed by atoms with van der Waals surface area (Å²) in [5, 5.41) is 11.2. The Bertz CT molecular complexity index is 871. The molecule has 8 heteroatoms. The number of hydrogen-bond donors (Lipinski definition) is 1. The Balaban J connectivity index is 1.46. The number of aromatic amines is 1. The van der Waals surface area contributed by atoms with Gasteiger partial charge in [0.1, 0.15) is 18.5 Å². The maximum Gasteiger partial charge on any atom is 0.253 e. The fourth-order valence-electron chi connectivity index (χ4n) is 3.18. The van der Waals surface area contributed by atoms with Crippen LogP contribution in [0.15, 0.2) is 36.9 Å². The summed E-state index contributed by atoms with van der Waals surface area (Å²) >= 11 is 0. The van der Waals surface area contributed by atoms with Gasteiger partial charge in [-0.15, -0.1) is 0 Å². The third-order valence-electron chi connectivity index (χ3n) is 4.44. The molecular weight excluding hydrogens is 318 g/mol. The van der Waals surface area contributed by atoms with Crippen molar-refractivity contribution in [3.05, 3.63) is 59.7 Å². The van der Waals surface area contributed by atoms with Gasteiger partial charge >= 0.3 is 0 Å². The number of amides is 1. The second-order valence-corrected chi connectivity index (χ2v) is 6.31. The number of carbonyl (C=O) groups excluding carboxylic acids is 1. The van der Waals surface area contributed by atoms with Crippen molar-refractivity contribution in [3.63, 3.8) is 0 Å². The number of benzene rings is 1. The zero-order valence-electron chi connectivity index (χ0n) is 14.0. The van der Waals surface area contributed by atoms with Crippen molar-refractivity contribution >= 4 is 5.91 Å². The first kappa shape index (κ1) is 15.5. The van der Waals surface area contributed by atoms with Gasteiger partial charge in [-0.25, -0.2) is 14.6 Å². The predicted octanol–water partition coefficient (Wildman–Crippen LogP) is 1.38. The van der Waals surface area contributed by atoms with Gasteiger partial charge in [0, 0.05) is 24.6 Å². The van der Waals surface area contributed by atoms with Crippen molar-refractivity contribution in [2.24, 2.45) is 0 Å². The Morgan fingerprint density at radius 1 is 1.40 bits per heavy atom. The SMILES string of the molecule is Cc1nc(C2CCN(C(=O)c3cccc(Cn4cncn4)c3)C2)n[nH]1. The molecule has 0 saturated carbocycles. The molecule has 1 unspecified atom stereocenters. The number of aryl methyl sites for hydroxylation is 1. The van der Waals surface area contributed by atoms with Crippen LogP contribution in [0.25, 0.3) is 0 Å². The summed E-state index contributed by atoms with van der Waals surface area (Å²) in [5.41, 5.74) is 1.72. The number of H-pyrrole nitrogens is 1. The van der Waals surface area contributed by atoms with Crippen molar-refractivity contribution < 1.29 is 4.79 Å². The number of carbonyl (C=O) groups is 1. The third-order valence-corrected chi connectivity index (χ3v) is 4.44. The van der Waals surface area contributed by atoms with Crippen LogP contribution in [-0.2, 0) is 6.54 Å². The van der Waals surface area contributed by atoms with Crippen LogP contribution < -0.4 is 0 Å². The van der Waals surface area contributed by atoms with Crippen LogP contribution in [0.2, 0.25) is 0 Å². The molecule has 1 aliphatic heterocycles. The van der Waals surface area contributed by atoms with E-state index in [2.05, 4.69) is 25.3 Å². The molecular formula is C17H19N7O. The highest BCUT2D eigenvalue weighted by atomic mass is 16.2. The molecule has 25 heavy (non-hydrogen) atoms. The average Bonchev–Trinajstić information content (AvgIpc) is 3.35. The third kappa shape index (κ3) is 3.28. The zero-order valence-corrected chi connectivity index (χ0v) is 14.0. The van der Waals surface area contributed by atoms with Gasteiger partial charge in [-0.1, -0.05) is 12.1 Å². The van der Waals surface area contributed by atoms with E-state index in [0.29, 0.717) is 18.7 Å². The number of nitrogens with one attached hydrogen (secondary N) is 1. The summed E-state index contributed by atoms with van der Waals surface area (Å²) in [6.07, 6.45) is 4.06. The van der Waals surface area contributed by atoms with E-state index in [1.807, 2.05) is 36.1 Å². The molecule has 128 valence electrons. The van der Waals surface area contributed by atoms with Gasteiger partial charge in [-0.3, -0.25) is 9.89 Å². The molecule has 3 aromatic rings. The summed E-state index contributed by atoms with van der Waals surface area (Å²) < 4.78 is 1.74. The first-order chi connectivity index (χ1) is 12.2. The van der Waals surface area contributed by atoms with E-state index < -0.39 is 0 Å². The van der Waals surface area contributed by atoms with Crippen LogP contribution in [0.1, 0.15) is 39.9 Å². The highest BCUT2D eigenvalue weighted by Gasteiger charge is 2.30. The molecule has 0 bridgehead atoms. The molecule has 1 aromatic carbocycles. The molecule has 1 aliphatic rings. The summed E-state index contributed by atoms with van der Waals surface area (Å²) in [6.45, 7) is 3.86. The van der Waals surface area contributed by atoms with E-state index in [1.165, 1.54) is 6.33 Å². The van der Waals surface area contributed by atoms with E-state index >= 15 is 0 Å². The molecule has 1 N–H and O–H groups in total. The van der Waals surface area contributed by atoms with Gasteiger partial charge in [-0.05, 0) is 31.0 Å². The molecule has 3 heterocycles. The van der Waals surface area contributed by atoms with Crippen LogP contribution >= 0.6 is 0 Å². The summed E-state index contributed by atoms with van der Waals surface area (Å²) in [4.78, 5) is 23.0. The predicted molar refractivity (Wildman–Crippen MR) is 89.9 cm³/mol. The van der Waals surface area contributed by atoms with Crippen molar-refractivity contribution in [1.29, 1.82) is 0 Å². The Morgan fingerprint density at radius 2 is 2.32 bits per heavy atom. The molecule has 0 aliphatic carbocycles. The topological polar surface area (TPSA) is 92.6 Å². The lowest BCUT2D eigenvalue weighted by atomic mass is 10.1. The number of nitrogens with zero attached hydrogens (tertiary/aromatic N) is 6. The Kier molecular flexibility index (Phi) is 4.01. The molecule has 4 rings (SSSR count). The molecule has 1 atom stereocenters. The van der Waals surface area contributed by atoms with Gasteiger partial charge in [-0.2, -0.15) is 10.2 Å². The highest BCUT2D eigenvalue weighted by molar-refractivity contribution is 5.94. The fraction of sp³-hybridized carbons (Fsp3) is 0.353. The maximum atomic E-state index is 12.8. The maximum absolute atomic E-state index is 12.8. The standard InChI is InChI=1S/C17H19N7O/c1-12-20-16(22-21-12)15-5-6-23(9-15)17(25)14-4-2-3-13(7-14)8-24-11-18-10-19-24/h2-4,7,10-11,15H,5-6,8-9H2,1H3,(H,20,21,22). The number of hydrogen-bond acceptors (Lipinski definition) is 5. The Labute approximate surface area is 144 Å². The normalized spacial score (nSPS) is 17.2. The first-order valence-corrected chi connectivity index (χ1v) is 8.28. The Hall–Kier alpha value is -3.03. The lowest BCUT2D eigenvalue weighted by molar-refractivity contribution is 0.0790. The second-order valence-electron chi connectivity index (χ2n) is 6.31. The second kappa shape index (κ2) is 6.46. The van der Waals surface area contributed by atoms with Crippen molar-refractivity contribution in [2.75, 3.05) is 13.1 Å². The minimum absolute atomic E-state index is 0.0511. The van der Waals surface area contributed by atoms with Crippen molar-refractivity contribution in [2.45, 2.75) is 25.8 Å². The zero-order chi connectivity index (χ0) is 17.2. The first-order valence-electron chi connectivity index (χ1n) is 8.28. The molecule has 0 radical (unpaired) electrons. The summed E-state index contributed by atoms with van der Waals surface area (Å²) in [6, 6.07) is 7.68. The molecule has 8 nitrogen and oxygen atoms in total. The van der Waals surface area contributed by atoms with E-state index in [9.17, 15) is 4.79 Å². The van der Waals surface area contributed by atoms with Gasteiger partial charge in [0.15, 0.2) is 5.82 Å². The smallest absolute Gasteiger partial charge is 0.253 e. The Morgan fingerprint density at radius 3 is 3.08 bits per heavy atom. The molecule has 0 spiro atoms. The summed E-state index contributed by atoms with van der Waals surface area (Å²) in [5.74, 6) is 1.86. The molecule has 1 fully saturated rings. The van der Waals surface area contributed by atoms with Crippen molar-refractivity contribution in [1.82, 2.24) is 34.8 Å². The minimum Gasteiger partial charge on any atom is -0.338 e. The monoisotopic (exact) mass is 337 g/mol. The number of aromatic nitrogens is 6. The van der Waals surface area contributed by atoms with E-state index in [4.69, 9.17) is 0 Å². The van der Waals surface area contributed by atoms with Crippen LogP contribution in [0.4, 0.5) is 0 Å². The molecule has 1 amide bonds. The van der Waals surface area contributed by atoms with E-state index in [0.717, 1.165) is 30.2 Å². The highest BCUT2D eigenvalue weighted by Crippen LogP contribution is 2.26. The lowest BCUT2D eigenvalue weighted by Crippen LogP contribution is -2.28. The number of likely N-dealkylation sites (tertiary alicyclic amines) is 1. The van der Waals surface area contributed by atoms with E-state index in [1.54, 1.807) is 11.0 Å². The van der Waals surface area contributed by atoms with Crippen molar-refractivity contribution in [3.8, 4) is 0 Å². The van der Waals surface area contributed by atoms with E-state index in [-0.39, 0.29) is 11.8 Å². The average molecular weight is 337 g/mol. The van der Waals surface area contributed by atoms with Gasteiger partial charge < -0.3 is 4.90 Å². The largest absolute Gasteiger partial charge is 0.338 e. The minimum atomic E-state index is 0.0511. The summed E-state index contributed by atoms with van der Waals surface area (Å²) in [7, 11) is 0. The molecule has 2 aromatic heterocycles. The van der Waals surface area contributed by atoms with Crippen LogP contribution in [0.3, 0.4) is 0 Å².